The molecule has 1 aromatic carbocycles. The fourth-order valence-electron chi connectivity index (χ4n) is 4.99. The molecule has 5 heteroatoms. The normalized spacial score (nSPS) is 12.4. The second-order valence-corrected chi connectivity index (χ2v) is 24.1. The van der Waals surface area contributed by atoms with Crippen molar-refractivity contribution in [2.75, 3.05) is 14.2 Å². The van der Waals surface area contributed by atoms with Gasteiger partial charge in [0.05, 0.1) is 0 Å². The number of ether oxygens (including phenoxy) is 2. The van der Waals surface area contributed by atoms with Crippen LogP contribution in [0.2, 0.25) is 13.3 Å². The van der Waals surface area contributed by atoms with Crippen LogP contribution in [0.3, 0.4) is 0 Å². The third-order valence-electron chi connectivity index (χ3n) is 7.15. The molecule has 0 N–H and O–H groups in total. The molecular weight excluding hydrogens is 556 g/mol. The summed E-state index contributed by atoms with van der Waals surface area (Å²) < 4.78 is 32.7. The number of hydrogen-bond acceptors (Lipinski definition) is 3. The Labute approximate surface area is 223 Å². The number of pyridine rings is 1. The van der Waals surface area contributed by atoms with Gasteiger partial charge in [0, 0.05) is 0 Å². The number of nitrogens with zero attached hydrogens (tertiary/aromatic N) is 1. The minimum atomic E-state index is -2.51. The molecule has 3 nitrogen and oxygen atoms in total. The van der Waals surface area contributed by atoms with Gasteiger partial charge in [-0.25, -0.2) is 0 Å². The van der Waals surface area contributed by atoms with E-state index >= 15 is 0 Å². The first-order valence-electron chi connectivity index (χ1n) is 13.8. The van der Waals surface area contributed by atoms with E-state index in [1.165, 1.54) is 64.1 Å². The zero-order chi connectivity index (χ0) is 26.8. The first-order valence-corrected chi connectivity index (χ1v) is 21.5. The molecule has 0 spiro atoms. The average molecular weight is 604 g/mol. The first kappa shape index (κ1) is 30.7. The molecule has 0 aliphatic carbocycles. The third kappa shape index (κ3) is 8.22. The Kier molecular flexibility index (Phi) is 12.3. The maximum atomic E-state index is 14.3. The van der Waals surface area contributed by atoms with Gasteiger partial charge in [-0.3, -0.25) is 0 Å². The van der Waals surface area contributed by atoms with Crippen molar-refractivity contribution >= 4 is 24.5 Å². The second-order valence-electron chi connectivity index (χ2n) is 11.1. The zero-order valence-corrected chi connectivity index (χ0v) is 26.8. The van der Waals surface area contributed by atoms with Crippen LogP contribution in [-0.4, -0.2) is 37.6 Å². The van der Waals surface area contributed by atoms with E-state index in [1.54, 1.807) is 14.2 Å². The predicted molar refractivity (Wildman–Crippen MR) is 155 cm³/mol. The van der Waals surface area contributed by atoms with E-state index in [0.29, 0.717) is 11.4 Å². The van der Waals surface area contributed by atoms with Crippen LogP contribution in [0, 0.1) is 5.82 Å². The zero-order valence-electron chi connectivity index (χ0n) is 24.0. The van der Waals surface area contributed by atoms with Gasteiger partial charge in [0.15, 0.2) is 0 Å². The van der Waals surface area contributed by atoms with Gasteiger partial charge in [-0.1, -0.05) is 0 Å². The van der Waals surface area contributed by atoms with Crippen LogP contribution in [0.4, 0.5) is 4.39 Å². The van der Waals surface area contributed by atoms with Crippen molar-refractivity contribution in [2.24, 2.45) is 0 Å². The van der Waals surface area contributed by atoms with Crippen LogP contribution in [0.1, 0.15) is 91.2 Å². The maximum absolute atomic E-state index is 14.3. The van der Waals surface area contributed by atoms with Gasteiger partial charge in [0.1, 0.15) is 0 Å². The van der Waals surface area contributed by atoms with E-state index in [0.717, 1.165) is 22.4 Å². The molecule has 1 heterocycles. The standard InChI is InChI=1S/C19H21FNO2.3C4H9.Sn/c1-7-12-8-13(9-16(17(12)22-5)19(2,3)4)15-10-14(20)11-21-18(15)23-6;3*1-3-4-2;/h1,7-11H,2-6H3;3*1,3-4H2,2H3;. The molecule has 0 amide bonds. The molecule has 0 saturated carbocycles. The van der Waals surface area contributed by atoms with E-state index < -0.39 is 18.4 Å². The van der Waals surface area contributed by atoms with Crippen LogP contribution in [0.15, 0.2) is 28.5 Å². The topological polar surface area (TPSA) is 31.4 Å². The quantitative estimate of drug-likeness (QED) is 0.201. The molecule has 1 aromatic heterocycles. The number of halogens is 1. The number of rotatable bonds is 14. The van der Waals surface area contributed by atoms with E-state index in [1.807, 2.05) is 0 Å². The SMILES string of the molecule is CCC[CH2][Sn]([CH]=Cc1cc(-c2cc(F)cnc2OC)cc(C(C)(C)C)c1OC)([CH2]CCC)[CH2]CCC. The van der Waals surface area contributed by atoms with Gasteiger partial charge in [-0.2, -0.15) is 0 Å². The van der Waals surface area contributed by atoms with E-state index in [2.05, 4.69) is 68.8 Å². The number of benzene rings is 1. The van der Waals surface area contributed by atoms with Crippen LogP contribution in [-0.2, 0) is 5.41 Å². The number of unbranched alkanes of at least 4 members (excludes halogenated alkanes) is 3. The monoisotopic (exact) mass is 605 g/mol. The van der Waals surface area contributed by atoms with Gasteiger partial charge in [-0.05, 0) is 0 Å². The number of aromatic nitrogens is 1. The van der Waals surface area contributed by atoms with Crippen LogP contribution in [0.25, 0.3) is 17.2 Å². The van der Waals surface area contributed by atoms with Gasteiger partial charge < -0.3 is 0 Å². The summed E-state index contributed by atoms with van der Waals surface area (Å²) in [6.45, 7) is 13.5. The van der Waals surface area contributed by atoms with Crippen molar-refractivity contribution in [3.63, 3.8) is 0 Å². The van der Waals surface area contributed by atoms with Crippen molar-refractivity contribution in [1.29, 1.82) is 0 Å². The Bertz CT molecular complexity index is 975. The summed E-state index contributed by atoms with van der Waals surface area (Å²) in [5.74, 6) is 0.969. The minimum absolute atomic E-state index is 0.148. The summed E-state index contributed by atoms with van der Waals surface area (Å²) in [4.78, 5) is 4.19. The molecule has 2 aromatic rings. The molecule has 0 atom stereocenters. The summed E-state index contributed by atoms with van der Waals surface area (Å²) in [7, 11) is 3.34. The van der Waals surface area contributed by atoms with Crippen molar-refractivity contribution in [1.82, 2.24) is 4.98 Å². The number of hydrogen-bond donors (Lipinski definition) is 0. The second kappa shape index (κ2) is 14.4. The van der Waals surface area contributed by atoms with E-state index in [-0.39, 0.29) is 11.2 Å². The van der Waals surface area contributed by atoms with Crippen molar-refractivity contribution in [3.05, 3.63) is 45.4 Å². The average Bonchev–Trinajstić information content (AvgIpc) is 2.86. The van der Waals surface area contributed by atoms with Crippen LogP contribution in [0.5, 0.6) is 11.6 Å². The van der Waals surface area contributed by atoms with Crippen molar-refractivity contribution in [2.45, 2.75) is 98.8 Å². The van der Waals surface area contributed by atoms with Gasteiger partial charge in [-0.15, -0.1) is 0 Å². The Balaban J connectivity index is 2.74. The Morgan fingerprint density at radius 3 is 1.94 bits per heavy atom. The predicted octanol–water partition coefficient (Wildman–Crippen LogP) is 9.60. The molecule has 0 fully saturated rings. The third-order valence-corrected chi connectivity index (χ3v) is 21.2. The number of methoxy groups -OCH3 is 2. The molecule has 0 saturated heterocycles. The van der Waals surface area contributed by atoms with Crippen molar-refractivity contribution < 1.29 is 13.9 Å². The molecule has 0 aliphatic heterocycles. The molecule has 2 rings (SSSR count). The van der Waals surface area contributed by atoms with Gasteiger partial charge in [0.25, 0.3) is 0 Å². The fourth-order valence-corrected chi connectivity index (χ4v) is 19.1. The van der Waals surface area contributed by atoms with Gasteiger partial charge in [0.2, 0.25) is 0 Å². The Morgan fingerprint density at radius 1 is 0.889 bits per heavy atom. The molecule has 0 aliphatic rings. The Hall–Kier alpha value is -1.56. The molecule has 36 heavy (non-hydrogen) atoms. The first-order chi connectivity index (χ1) is 17.1. The summed E-state index contributed by atoms with van der Waals surface area (Å²) in [5, 5.41) is 0. The molecule has 0 unspecified atom stereocenters. The molecule has 0 bridgehead atoms. The molecule has 200 valence electrons. The summed E-state index contributed by atoms with van der Waals surface area (Å²) in [5.41, 5.74) is 3.59. The Morgan fingerprint density at radius 2 is 1.47 bits per heavy atom. The van der Waals surface area contributed by atoms with Crippen LogP contribution < -0.4 is 9.47 Å². The van der Waals surface area contributed by atoms with E-state index in [4.69, 9.17) is 9.47 Å². The fraction of sp³-hybridized carbons (Fsp3) is 0.581. The van der Waals surface area contributed by atoms with Crippen LogP contribution >= 0.6 is 0 Å². The summed E-state index contributed by atoms with van der Waals surface area (Å²) >= 11 is -2.51. The van der Waals surface area contributed by atoms with Gasteiger partial charge >= 0.3 is 225 Å². The molecule has 0 radical (unpaired) electrons. The van der Waals surface area contributed by atoms with Crippen molar-refractivity contribution in [3.8, 4) is 22.8 Å². The molecular formula is C31H48FNO2Sn. The summed E-state index contributed by atoms with van der Waals surface area (Å²) in [6.07, 6.45) is 11.3. The summed E-state index contributed by atoms with van der Waals surface area (Å²) in [6, 6.07) is 5.75. The van der Waals surface area contributed by atoms with E-state index in [9.17, 15) is 4.39 Å².